The lowest BCUT2D eigenvalue weighted by Crippen LogP contribution is -1.83. The van der Waals surface area contributed by atoms with Gasteiger partial charge in [0.25, 0.3) is 0 Å². The lowest BCUT2D eigenvalue weighted by atomic mass is 10.1. The van der Waals surface area contributed by atoms with Crippen molar-refractivity contribution in [2.75, 3.05) is 0 Å². The van der Waals surface area contributed by atoms with E-state index in [0.717, 1.165) is 18.4 Å². The summed E-state index contributed by atoms with van der Waals surface area (Å²) in [5, 5.41) is 8.58. The lowest BCUT2D eigenvalue weighted by Gasteiger charge is -1.97. The third-order valence-electron chi connectivity index (χ3n) is 1.92. The highest BCUT2D eigenvalue weighted by Gasteiger charge is 1.91. The van der Waals surface area contributed by atoms with Crippen LogP contribution < -0.4 is 0 Å². The van der Waals surface area contributed by atoms with Crippen molar-refractivity contribution in [2.24, 2.45) is 0 Å². The molecule has 0 saturated heterocycles. The molecule has 1 nitrogen and oxygen atoms in total. The first kappa shape index (κ1) is 9.54. The molecule has 66 valence electrons. The number of nitriles is 1. The molecule has 0 atom stereocenters. The predicted molar refractivity (Wildman–Crippen MR) is 54.3 cm³/mol. The zero-order valence-electron chi connectivity index (χ0n) is 7.83. The van der Waals surface area contributed by atoms with E-state index in [1.165, 1.54) is 5.56 Å². The Morgan fingerprint density at radius 2 is 2.00 bits per heavy atom. The van der Waals surface area contributed by atoms with Crippen LogP contribution in [0.1, 0.15) is 24.5 Å². The summed E-state index contributed by atoms with van der Waals surface area (Å²) in [6, 6.07) is 9.87. The minimum atomic E-state index is 0.731. The van der Waals surface area contributed by atoms with Gasteiger partial charge in [0.05, 0.1) is 11.6 Å². The van der Waals surface area contributed by atoms with E-state index in [1.807, 2.05) is 31.2 Å². The minimum Gasteiger partial charge on any atom is -0.192 e. The fraction of sp³-hybridized carbons (Fsp3) is 0.250. The van der Waals surface area contributed by atoms with E-state index in [0.29, 0.717) is 0 Å². The van der Waals surface area contributed by atoms with E-state index in [9.17, 15) is 0 Å². The van der Waals surface area contributed by atoms with Crippen LogP contribution in [-0.4, -0.2) is 0 Å². The van der Waals surface area contributed by atoms with Crippen LogP contribution in [0.4, 0.5) is 0 Å². The maximum Gasteiger partial charge on any atom is 0.0991 e. The summed E-state index contributed by atoms with van der Waals surface area (Å²) in [5.41, 5.74) is 2.02. The van der Waals surface area contributed by atoms with Crippen LogP contribution in [0.3, 0.4) is 0 Å². The van der Waals surface area contributed by atoms with E-state index in [-0.39, 0.29) is 0 Å². The van der Waals surface area contributed by atoms with Gasteiger partial charge in [-0.15, -0.1) is 0 Å². The molecule has 0 aliphatic carbocycles. The van der Waals surface area contributed by atoms with Crippen LogP contribution in [0.15, 0.2) is 36.4 Å². The van der Waals surface area contributed by atoms with Crippen LogP contribution in [0, 0.1) is 11.3 Å². The molecule has 0 saturated carbocycles. The molecule has 1 aromatic carbocycles. The highest BCUT2D eigenvalue weighted by atomic mass is 14.2. The Morgan fingerprint density at radius 1 is 1.31 bits per heavy atom. The van der Waals surface area contributed by atoms with E-state index in [2.05, 4.69) is 18.2 Å². The number of rotatable bonds is 3. The van der Waals surface area contributed by atoms with Crippen molar-refractivity contribution in [3.05, 3.63) is 47.5 Å². The van der Waals surface area contributed by atoms with Gasteiger partial charge >= 0.3 is 0 Å². The first-order chi connectivity index (χ1) is 6.36. The first-order valence-electron chi connectivity index (χ1n) is 4.47. The fourth-order valence-electron chi connectivity index (χ4n) is 1.16. The average molecular weight is 171 g/mol. The van der Waals surface area contributed by atoms with Gasteiger partial charge in [0, 0.05) is 0 Å². The summed E-state index contributed by atoms with van der Waals surface area (Å²) in [6.07, 6.45) is 6.33. The molecule has 0 bridgehead atoms. The third-order valence-corrected chi connectivity index (χ3v) is 1.92. The van der Waals surface area contributed by atoms with Crippen molar-refractivity contribution in [1.29, 1.82) is 5.26 Å². The van der Waals surface area contributed by atoms with Gasteiger partial charge in [0.15, 0.2) is 0 Å². The van der Waals surface area contributed by atoms with E-state index in [4.69, 9.17) is 5.26 Å². The van der Waals surface area contributed by atoms with Gasteiger partial charge in [-0.25, -0.2) is 0 Å². The van der Waals surface area contributed by atoms with Crippen molar-refractivity contribution < 1.29 is 0 Å². The van der Waals surface area contributed by atoms with Crippen molar-refractivity contribution in [1.82, 2.24) is 0 Å². The second-order valence-corrected chi connectivity index (χ2v) is 2.92. The number of allylic oxidation sites excluding steroid dienone is 2. The molecule has 0 amide bonds. The Morgan fingerprint density at radius 3 is 2.54 bits per heavy atom. The first-order valence-corrected chi connectivity index (χ1v) is 4.47. The van der Waals surface area contributed by atoms with Gasteiger partial charge in [-0.1, -0.05) is 24.3 Å². The van der Waals surface area contributed by atoms with E-state index >= 15 is 0 Å². The Balaban J connectivity index is 2.55. The van der Waals surface area contributed by atoms with E-state index in [1.54, 1.807) is 0 Å². The van der Waals surface area contributed by atoms with Crippen molar-refractivity contribution in [2.45, 2.75) is 19.8 Å². The second-order valence-electron chi connectivity index (χ2n) is 2.92. The number of benzene rings is 1. The molecule has 0 aliphatic heterocycles. The van der Waals surface area contributed by atoms with Crippen molar-refractivity contribution in [3.8, 4) is 6.07 Å². The molecule has 0 radical (unpaired) electrons. The maximum atomic E-state index is 8.58. The van der Waals surface area contributed by atoms with Crippen molar-refractivity contribution >= 4 is 0 Å². The molecule has 0 unspecified atom stereocenters. The maximum absolute atomic E-state index is 8.58. The van der Waals surface area contributed by atoms with Crippen LogP contribution >= 0.6 is 0 Å². The Hall–Kier alpha value is -1.55. The quantitative estimate of drug-likeness (QED) is 0.641. The van der Waals surface area contributed by atoms with Crippen molar-refractivity contribution in [3.63, 3.8) is 0 Å². The van der Waals surface area contributed by atoms with Gasteiger partial charge in [-0.2, -0.15) is 5.26 Å². The molecule has 0 fully saturated rings. The Kier molecular flexibility index (Phi) is 3.78. The van der Waals surface area contributed by atoms with Gasteiger partial charge in [0.1, 0.15) is 0 Å². The molecule has 1 aromatic rings. The number of nitrogens with zero attached hydrogens (tertiary/aromatic N) is 1. The van der Waals surface area contributed by atoms with Gasteiger partial charge in [0.2, 0.25) is 0 Å². The van der Waals surface area contributed by atoms with E-state index < -0.39 is 0 Å². The number of hydrogen-bond acceptors (Lipinski definition) is 1. The summed E-state index contributed by atoms with van der Waals surface area (Å²) in [5.74, 6) is 0. The number of hydrogen-bond donors (Lipinski definition) is 0. The zero-order valence-corrected chi connectivity index (χ0v) is 7.83. The standard InChI is InChI=1S/C12H13N/c1-2-3-4-5-11-6-8-12(10-13)9-7-11/h2-3,6-9H,4-5H2,1H3/b3-2-. The largest absolute Gasteiger partial charge is 0.192 e. The summed E-state index contributed by atoms with van der Waals surface area (Å²) < 4.78 is 0. The highest BCUT2D eigenvalue weighted by Crippen LogP contribution is 2.06. The zero-order chi connectivity index (χ0) is 9.52. The molecular weight excluding hydrogens is 158 g/mol. The summed E-state index contributed by atoms with van der Waals surface area (Å²) in [7, 11) is 0. The smallest absolute Gasteiger partial charge is 0.0991 e. The Bertz CT molecular complexity index is 314. The topological polar surface area (TPSA) is 23.8 Å². The molecule has 1 rings (SSSR count). The predicted octanol–water partition coefficient (Wildman–Crippen LogP) is 3.07. The molecule has 0 spiro atoms. The average Bonchev–Trinajstić information content (AvgIpc) is 2.19. The van der Waals surface area contributed by atoms with Gasteiger partial charge in [-0.05, 0) is 37.5 Å². The van der Waals surface area contributed by atoms with Crippen LogP contribution in [0.25, 0.3) is 0 Å². The molecule has 0 heterocycles. The molecule has 1 heteroatoms. The van der Waals surface area contributed by atoms with Gasteiger partial charge in [-0.3, -0.25) is 0 Å². The molecule has 13 heavy (non-hydrogen) atoms. The number of aryl methyl sites for hydroxylation is 1. The Labute approximate surface area is 79.3 Å². The summed E-state index contributed by atoms with van der Waals surface area (Å²) in [4.78, 5) is 0. The summed E-state index contributed by atoms with van der Waals surface area (Å²) in [6.45, 7) is 2.03. The third kappa shape index (κ3) is 3.13. The molecule has 0 aliphatic rings. The SMILES string of the molecule is C/C=C\CCc1ccc(C#N)cc1. The normalized spacial score (nSPS) is 10.2. The monoisotopic (exact) mass is 171 g/mol. The lowest BCUT2D eigenvalue weighted by molar-refractivity contribution is 0.999. The molecule has 0 aromatic heterocycles. The fourth-order valence-corrected chi connectivity index (χ4v) is 1.16. The molecular formula is C12H13N. The highest BCUT2D eigenvalue weighted by molar-refractivity contribution is 5.31. The van der Waals surface area contributed by atoms with Crippen LogP contribution in [0.5, 0.6) is 0 Å². The minimum absolute atomic E-state index is 0.731. The summed E-state index contributed by atoms with van der Waals surface area (Å²) >= 11 is 0. The van der Waals surface area contributed by atoms with Crippen LogP contribution in [0.2, 0.25) is 0 Å². The second kappa shape index (κ2) is 5.16. The van der Waals surface area contributed by atoms with Crippen LogP contribution in [-0.2, 0) is 6.42 Å². The molecule has 0 N–H and O–H groups in total. The van der Waals surface area contributed by atoms with Gasteiger partial charge < -0.3 is 0 Å².